The molecule has 2 aromatic rings. The number of anilines is 1. The third-order valence-corrected chi connectivity index (χ3v) is 6.46. The number of benzene rings is 2. The first kappa shape index (κ1) is 22.2. The number of carbonyl (C=O) groups excluding carboxylic acids is 1. The summed E-state index contributed by atoms with van der Waals surface area (Å²) in [6.07, 6.45) is 2.08. The average molecular weight is 431 g/mol. The molecule has 3 rings (SSSR count). The Morgan fingerprint density at radius 3 is 2.57 bits per heavy atom. The van der Waals surface area contributed by atoms with E-state index in [9.17, 15) is 13.2 Å². The average Bonchev–Trinajstić information content (AvgIpc) is 2.63. The van der Waals surface area contributed by atoms with Gasteiger partial charge in [-0.05, 0) is 51.0 Å². The van der Waals surface area contributed by atoms with Gasteiger partial charge in [0, 0.05) is 12.0 Å². The predicted octanol–water partition coefficient (Wildman–Crippen LogP) is 3.96. The van der Waals surface area contributed by atoms with Crippen LogP contribution in [0.1, 0.15) is 50.8 Å². The second kappa shape index (κ2) is 8.30. The Morgan fingerprint density at radius 1 is 1.23 bits per heavy atom. The third kappa shape index (κ3) is 4.78. The maximum atomic E-state index is 13.4. The fourth-order valence-electron chi connectivity index (χ4n) is 4.02. The van der Waals surface area contributed by atoms with E-state index in [4.69, 9.17) is 4.74 Å². The molecule has 0 spiro atoms. The second-order valence-corrected chi connectivity index (χ2v) is 10.3. The number of para-hydroxylation sites is 1. The first-order valence-electron chi connectivity index (χ1n) is 10.2. The Balaban J connectivity index is 1.94. The van der Waals surface area contributed by atoms with Gasteiger partial charge in [-0.1, -0.05) is 37.3 Å². The number of fused-ring (bicyclic) bond motifs is 1. The van der Waals surface area contributed by atoms with Crippen LogP contribution in [0.15, 0.2) is 48.5 Å². The molecule has 1 aliphatic rings. The highest BCUT2D eigenvalue weighted by molar-refractivity contribution is 7.92. The molecule has 0 aromatic heterocycles. The topological polar surface area (TPSA) is 75.7 Å². The van der Waals surface area contributed by atoms with Gasteiger partial charge in [0.2, 0.25) is 15.9 Å². The normalized spacial score (nSPS) is 18.6. The molecule has 30 heavy (non-hydrogen) atoms. The number of ether oxygens (including phenoxy) is 1. The number of carbonyl (C=O) groups is 1. The quantitative estimate of drug-likeness (QED) is 0.753. The molecule has 7 heteroatoms. The molecule has 2 atom stereocenters. The lowest BCUT2D eigenvalue weighted by molar-refractivity contribution is -0.123. The van der Waals surface area contributed by atoms with Crippen LogP contribution in [0.5, 0.6) is 5.75 Å². The van der Waals surface area contributed by atoms with Crippen LogP contribution in [0.3, 0.4) is 0 Å². The predicted molar refractivity (Wildman–Crippen MR) is 119 cm³/mol. The second-order valence-electron chi connectivity index (χ2n) is 8.49. The van der Waals surface area contributed by atoms with E-state index >= 15 is 0 Å². The van der Waals surface area contributed by atoms with Crippen LogP contribution >= 0.6 is 0 Å². The van der Waals surface area contributed by atoms with Crippen LogP contribution in [-0.2, 0) is 14.8 Å². The van der Waals surface area contributed by atoms with Crippen molar-refractivity contribution < 1.29 is 17.9 Å². The molecule has 0 bridgehead atoms. The summed E-state index contributed by atoms with van der Waals surface area (Å²) in [7, 11) is -3.67. The van der Waals surface area contributed by atoms with Crippen LogP contribution in [0.25, 0.3) is 0 Å². The van der Waals surface area contributed by atoms with E-state index in [0.717, 1.165) is 23.1 Å². The number of hydrogen-bond donors (Lipinski definition) is 1. The number of aryl methyl sites for hydroxylation is 1. The summed E-state index contributed by atoms with van der Waals surface area (Å²) in [5.41, 5.74) is 1.88. The van der Waals surface area contributed by atoms with E-state index in [-0.39, 0.29) is 11.9 Å². The molecule has 1 aliphatic heterocycles. The molecule has 0 unspecified atom stereocenters. The summed E-state index contributed by atoms with van der Waals surface area (Å²) in [6, 6.07) is 13.7. The number of nitrogens with zero attached hydrogens (tertiary/aromatic N) is 1. The zero-order chi connectivity index (χ0) is 22.1. The van der Waals surface area contributed by atoms with Crippen molar-refractivity contribution in [1.82, 2.24) is 5.32 Å². The number of hydrogen-bond acceptors (Lipinski definition) is 4. The standard InChI is InChI=1S/C23H30N2O4S/c1-6-20(25(30(5,27)28)17-11-9-10-16(2)14-17)22(26)24-19-15-23(3,4)29-21-13-8-7-12-18(19)21/h7-14,19-20H,6,15H2,1-5H3,(H,24,26)/t19-,20-/m0/s1. The van der Waals surface area contributed by atoms with Gasteiger partial charge in [0.25, 0.3) is 0 Å². The first-order chi connectivity index (χ1) is 14.0. The summed E-state index contributed by atoms with van der Waals surface area (Å²) in [6.45, 7) is 7.68. The van der Waals surface area contributed by atoms with Crippen LogP contribution in [-0.4, -0.2) is 32.2 Å². The summed E-state index contributed by atoms with van der Waals surface area (Å²) >= 11 is 0. The van der Waals surface area contributed by atoms with Crippen molar-refractivity contribution in [3.63, 3.8) is 0 Å². The molecule has 162 valence electrons. The highest BCUT2D eigenvalue weighted by Crippen LogP contribution is 2.39. The molecular weight excluding hydrogens is 400 g/mol. The Morgan fingerprint density at radius 2 is 1.93 bits per heavy atom. The minimum absolute atomic E-state index is 0.259. The molecule has 1 heterocycles. The molecule has 2 aromatic carbocycles. The smallest absolute Gasteiger partial charge is 0.244 e. The van der Waals surface area contributed by atoms with Gasteiger partial charge in [-0.3, -0.25) is 9.10 Å². The van der Waals surface area contributed by atoms with E-state index in [1.807, 2.05) is 58.0 Å². The highest BCUT2D eigenvalue weighted by Gasteiger charge is 2.37. The van der Waals surface area contributed by atoms with Crippen LogP contribution in [0.4, 0.5) is 5.69 Å². The van der Waals surface area contributed by atoms with Crippen molar-refractivity contribution in [2.75, 3.05) is 10.6 Å². The zero-order valence-corrected chi connectivity index (χ0v) is 19.0. The van der Waals surface area contributed by atoms with Crippen molar-refractivity contribution >= 4 is 21.6 Å². The molecule has 0 saturated carbocycles. The lowest BCUT2D eigenvalue weighted by atomic mass is 9.89. The van der Waals surface area contributed by atoms with Crippen molar-refractivity contribution in [2.45, 2.75) is 58.2 Å². The van der Waals surface area contributed by atoms with Crippen molar-refractivity contribution in [3.05, 3.63) is 59.7 Å². The highest BCUT2D eigenvalue weighted by atomic mass is 32.2. The van der Waals surface area contributed by atoms with Crippen LogP contribution in [0, 0.1) is 6.92 Å². The maximum Gasteiger partial charge on any atom is 0.244 e. The Kier molecular flexibility index (Phi) is 6.13. The molecular formula is C23H30N2O4S. The monoisotopic (exact) mass is 430 g/mol. The van der Waals surface area contributed by atoms with Gasteiger partial charge in [0.05, 0.1) is 18.0 Å². The maximum absolute atomic E-state index is 13.4. The van der Waals surface area contributed by atoms with Crippen molar-refractivity contribution in [2.24, 2.45) is 0 Å². The Bertz CT molecular complexity index is 1030. The number of rotatable bonds is 6. The van der Waals surface area contributed by atoms with E-state index in [2.05, 4.69) is 5.32 Å². The summed E-state index contributed by atoms with van der Waals surface area (Å²) in [5.74, 6) is 0.424. The fraction of sp³-hybridized carbons (Fsp3) is 0.435. The third-order valence-electron chi connectivity index (χ3n) is 5.28. The SMILES string of the molecule is CC[C@@H](C(=O)N[C@H]1CC(C)(C)Oc2ccccc21)N(c1cccc(C)c1)S(C)(=O)=O. The molecule has 1 amide bonds. The summed E-state index contributed by atoms with van der Waals surface area (Å²) in [5, 5.41) is 3.09. The van der Waals surface area contributed by atoms with Gasteiger partial charge in [-0.2, -0.15) is 0 Å². The Labute approximate surface area is 179 Å². The van der Waals surface area contributed by atoms with Crippen LogP contribution < -0.4 is 14.4 Å². The van der Waals surface area contributed by atoms with Gasteiger partial charge < -0.3 is 10.1 Å². The molecule has 6 nitrogen and oxygen atoms in total. The minimum Gasteiger partial charge on any atom is -0.487 e. The van der Waals surface area contributed by atoms with Crippen molar-refractivity contribution in [1.29, 1.82) is 0 Å². The zero-order valence-electron chi connectivity index (χ0n) is 18.2. The number of nitrogens with one attached hydrogen (secondary N) is 1. The molecule has 0 radical (unpaired) electrons. The summed E-state index contributed by atoms with van der Waals surface area (Å²) < 4.78 is 32.6. The van der Waals surface area contributed by atoms with Gasteiger partial charge in [0.1, 0.15) is 17.4 Å². The van der Waals surface area contributed by atoms with Gasteiger partial charge in [-0.15, -0.1) is 0 Å². The van der Waals surface area contributed by atoms with E-state index in [0.29, 0.717) is 18.5 Å². The van der Waals surface area contributed by atoms with E-state index < -0.39 is 21.7 Å². The number of amides is 1. The molecule has 1 N–H and O–H groups in total. The number of sulfonamides is 1. The van der Waals surface area contributed by atoms with Crippen LogP contribution in [0.2, 0.25) is 0 Å². The van der Waals surface area contributed by atoms with E-state index in [1.165, 1.54) is 4.31 Å². The summed E-state index contributed by atoms with van der Waals surface area (Å²) in [4.78, 5) is 13.4. The molecule has 0 fully saturated rings. The van der Waals surface area contributed by atoms with Gasteiger partial charge in [-0.25, -0.2) is 8.42 Å². The van der Waals surface area contributed by atoms with Gasteiger partial charge in [0.15, 0.2) is 0 Å². The minimum atomic E-state index is -3.67. The van der Waals surface area contributed by atoms with Crippen molar-refractivity contribution in [3.8, 4) is 5.75 Å². The fourth-order valence-corrected chi connectivity index (χ4v) is 5.23. The lowest BCUT2D eigenvalue weighted by Crippen LogP contribution is -2.51. The van der Waals surface area contributed by atoms with Gasteiger partial charge >= 0.3 is 0 Å². The molecule has 0 aliphatic carbocycles. The largest absolute Gasteiger partial charge is 0.487 e. The lowest BCUT2D eigenvalue weighted by Gasteiger charge is -2.39. The molecule has 0 saturated heterocycles. The first-order valence-corrected chi connectivity index (χ1v) is 12.0. The van der Waals surface area contributed by atoms with E-state index in [1.54, 1.807) is 18.2 Å². The Hall–Kier alpha value is -2.54.